The molecule has 2 aromatic heterocycles. The number of alkyl halides is 3. The number of rotatable bonds is 0. The number of nitriles is 3. The summed E-state index contributed by atoms with van der Waals surface area (Å²) in [6.45, 7) is 0. The van der Waals surface area contributed by atoms with Gasteiger partial charge in [-0.05, 0) is 0 Å². The van der Waals surface area contributed by atoms with E-state index >= 15 is 0 Å². The molecule has 1 N–H and O–H groups in total. The Balaban J connectivity index is 2.92. The molecule has 0 unspecified atom stereocenters. The second-order valence-electron chi connectivity index (χ2n) is 3.32. The lowest BCUT2D eigenvalue weighted by atomic mass is 10.2. The Morgan fingerprint density at radius 1 is 1.11 bits per heavy atom. The number of hydrogen-bond acceptors (Lipinski definition) is 3. The van der Waals surface area contributed by atoms with Gasteiger partial charge in [-0.1, -0.05) is 0 Å². The topological polar surface area (TPSA) is 91.6 Å². The highest BCUT2D eigenvalue weighted by Gasteiger charge is 2.37. The molecule has 88 valence electrons. The summed E-state index contributed by atoms with van der Waals surface area (Å²) < 4.78 is 38.8. The molecule has 0 saturated carbocycles. The molecule has 8 heteroatoms. The second-order valence-corrected chi connectivity index (χ2v) is 3.32. The number of nitrogens with one attached hydrogen (secondary N) is 1. The van der Waals surface area contributed by atoms with E-state index in [1.807, 2.05) is 0 Å². The quantitative estimate of drug-likeness (QED) is 0.772. The highest BCUT2D eigenvalue weighted by molar-refractivity contribution is 5.65. The average Bonchev–Trinajstić information content (AvgIpc) is 2.81. The minimum Gasteiger partial charge on any atom is -0.329 e. The van der Waals surface area contributed by atoms with Crippen molar-refractivity contribution in [1.82, 2.24) is 9.38 Å². The van der Waals surface area contributed by atoms with Crippen LogP contribution < -0.4 is 0 Å². The van der Waals surface area contributed by atoms with Crippen LogP contribution in [-0.4, -0.2) is 9.38 Å². The average molecular weight is 249 g/mol. The van der Waals surface area contributed by atoms with Crippen LogP contribution in [0.5, 0.6) is 0 Å². The molecule has 0 atom stereocenters. The van der Waals surface area contributed by atoms with Crippen LogP contribution in [0, 0.1) is 34.0 Å². The first-order chi connectivity index (χ1) is 8.43. The number of nitrogens with zero attached hydrogens (tertiary/aromatic N) is 4. The summed E-state index contributed by atoms with van der Waals surface area (Å²) >= 11 is 0. The van der Waals surface area contributed by atoms with Gasteiger partial charge in [-0.15, -0.1) is 0 Å². The van der Waals surface area contributed by atoms with Crippen molar-refractivity contribution >= 4 is 5.65 Å². The lowest BCUT2D eigenvalue weighted by molar-refractivity contribution is -0.137. The first-order valence-electron chi connectivity index (χ1n) is 4.48. The van der Waals surface area contributed by atoms with E-state index in [4.69, 9.17) is 15.8 Å². The zero-order valence-electron chi connectivity index (χ0n) is 8.50. The maximum atomic E-state index is 12.6. The van der Waals surface area contributed by atoms with Gasteiger partial charge in [0.1, 0.15) is 29.4 Å². The number of halogens is 3. The molecule has 2 heterocycles. The van der Waals surface area contributed by atoms with Crippen molar-refractivity contribution in [3.63, 3.8) is 0 Å². The molecule has 2 aromatic rings. The Morgan fingerprint density at radius 2 is 1.78 bits per heavy atom. The van der Waals surface area contributed by atoms with Crippen LogP contribution in [0.1, 0.15) is 22.5 Å². The van der Waals surface area contributed by atoms with Gasteiger partial charge in [0.15, 0.2) is 11.4 Å². The Morgan fingerprint density at radius 3 is 2.22 bits per heavy atom. The molecule has 0 bridgehead atoms. The number of fused-ring (bicyclic) bond motifs is 1. The molecule has 0 amide bonds. The van der Waals surface area contributed by atoms with Gasteiger partial charge in [0, 0.05) is 6.20 Å². The van der Waals surface area contributed by atoms with E-state index in [-0.39, 0.29) is 17.0 Å². The number of aromatic nitrogens is 2. The van der Waals surface area contributed by atoms with Gasteiger partial charge in [0.2, 0.25) is 0 Å². The van der Waals surface area contributed by atoms with Crippen LogP contribution in [0.2, 0.25) is 0 Å². The summed E-state index contributed by atoms with van der Waals surface area (Å²) in [5.41, 5.74) is -2.44. The van der Waals surface area contributed by atoms with Crippen LogP contribution in [0.15, 0.2) is 6.20 Å². The van der Waals surface area contributed by atoms with Crippen molar-refractivity contribution in [3.05, 3.63) is 28.7 Å². The minimum absolute atomic E-state index is 0.183. The fourth-order valence-electron chi connectivity index (χ4n) is 1.62. The van der Waals surface area contributed by atoms with E-state index in [1.165, 1.54) is 6.07 Å². The van der Waals surface area contributed by atoms with E-state index in [0.717, 1.165) is 4.40 Å². The van der Waals surface area contributed by atoms with E-state index in [9.17, 15) is 13.2 Å². The van der Waals surface area contributed by atoms with Crippen molar-refractivity contribution < 1.29 is 13.2 Å². The SMILES string of the molecule is N#Cc1[nH]c2c(C#N)c(C(F)(F)F)cn2c1C#N. The maximum Gasteiger partial charge on any atom is 0.419 e. The summed E-state index contributed by atoms with van der Waals surface area (Å²) in [4.78, 5) is 2.33. The summed E-state index contributed by atoms with van der Waals surface area (Å²) in [6, 6.07) is 4.68. The van der Waals surface area contributed by atoms with Crippen molar-refractivity contribution in [3.8, 4) is 18.2 Å². The molecule has 0 spiro atoms. The smallest absolute Gasteiger partial charge is 0.329 e. The van der Waals surface area contributed by atoms with Crippen molar-refractivity contribution in [2.45, 2.75) is 6.18 Å². The zero-order valence-corrected chi connectivity index (χ0v) is 8.50. The first kappa shape index (κ1) is 11.6. The van der Waals surface area contributed by atoms with Gasteiger partial charge in [-0.25, -0.2) is 0 Å². The van der Waals surface area contributed by atoms with Crippen LogP contribution >= 0.6 is 0 Å². The normalized spacial score (nSPS) is 10.9. The van der Waals surface area contributed by atoms with Crippen LogP contribution in [0.3, 0.4) is 0 Å². The molecular formula is C10H2F3N5. The van der Waals surface area contributed by atoms with Crippen molar-refractivity contribution in [2.75, 3.05) is 0 Å². The fraction of sp³-hybridized carbons (Fsp3) is 0.100. The first-order valence-corrected chi connectivity index (χ1v) is 4.48. The summed E-state index contributed by atoms with van der Waals surface area (Å²) in [6.07, 6.45) is -4.07. The van der Waals surface area contributed by atoms with Crippen molar-refractivity contribution in [2.24, 2.45) is 0 Å². The van der Waals surface area contributed by atoms with Crippen molar-refractivity contribution in [1.29, 1.82) is 15.8 Å². The maximum absolute atomic E-state index is 12.6. The van der Waals surface area contributed by atoms with E-state index < -0.39 is 17.3 Å². The summed E-state index contributed by atoms with van der Waals surface area (Å²) in [5.74, 6) is 0. The minimum atomic E-state index is -4.70. The lowest BCUT2D eigenvalue weighted by Gasteiger charge is -2.02. The van der Waals surface area contributed by atoms with Crippen LogP contribution in [0.4, 0.5) is 13.2 Å². The second kappa shape index (κ2) is 3.54. The highest BCUT2D eigenvalue weighted by atomic mass is 19.4. The highest BCUT2D eigenvalue weighted by Crippen LogP contribution is 2.35. The monoisotopic (exact) mass is 249 g/mol. The molecule has 0 fully saturated rings. The van der Waals surface area contributed by atoms with Gasteiger partial charge in [-0.2, -0.15) is 29.0 Å². The van der Waals surface area contributed by atoms with Crippen LogP contribution in [0.25, 0.3) is 5.65 Å². The Labute approximate surface area is 97.9 Å². The summed E-state index contributed by atoms with van der Waals surface area (Å²) in [5, 5.41) is 26.3. The third-order valence-corrected chi connectivity index (χ3v) is 2.36. The molecule has 0 aliphatic carbocycles. The molecule has 0 aliphatic heterocycles. The molecule has 18 heavy (non-hydrogen) atoms. The van der Waals surface area contributed by atoms with E-state index in [1.54, 1.807) is 12.1 Å². The summed E-state index contributed by atoms with van der Waals surface area (Å²) in [7, 11) is 0. The van der Waals surface area contributed by atoms with Gasteiger partial charge < -0.3 is 4.98 Å². The standard InChI is InChI=1S/C10H2F3N5/c11-10(12,13)6-4-18-8(3-16)7(2-15)17-9(18)5(6)1-14/h4,17H. The zero-order chi connectivity index (χ0) is 13.5. The predicted octanol–water partition coefficient (Wildman–Crippen LogP) is 1.90. The molecule has 2 rings (SSSR count). The molecule has 0 saturated heterocycles. The molecule has 0 radical (unpaired) electrons. The van der Waals surface area contributed by atoms with E-state index in [2.05, 4.69) is 4.98 Å². The third-order valence-electron chi connectivity index (χ3n) is 2.36. The molecule has 0 aliphatic rings. The largest absolute Gasteiger partial charge is 0.419 e. The number of aromatic amines is 1. The number of hydrogen-bond donors (Lipinski definition) is 1. The fourth-order valence-corrected chi connectivity index (χ4v) is 1.62. The molecular weight excluding hydrogens is 247 g/mol. The Kier molecular flexibility index (Phi) is 2.27. The molecule has 5 nitrogen and oxygen atoms in total. The van der Waals surface area contributed by atoms with Gasteiger partial charge in [0.05, 0.1) is 5.56 Å². The molecule has 0 aromatic carbocycles. The van der Waals surface area contributed by atoms with Gasteiger partial charge in [-0.3, -0.25) is 4.40 Å². The predicted molar refractivity (Wildman–Crippen MR) is 50.9 cm³/mol. The van der Waals surface area contributed by atoms with Crippen LogP contribution in [-0.2, 0) is 6.18 Å². The number of H-pyrrole nitrogens is 1. The Hall–Kier alpha value is -2.92. The van der Waals surface area contributed by atoms with Gasteiger partial charge in [0.25, 0.3) is 0 Å². The Bertz CT molecular complexity index is 757. The van der Waals surface area contributed by atoms with E-state index in [0.29, 0.717) is 6.20 Å². The number of imidazole rings is 1. The lowest BCUT2D eigenvalue weighted by Crippen LogP contribution is -2.05. The van der Waals surface area contributed by atoms with Gasteiger partial charge >= 0.3 is 6.18 Å². The third kappa shape index (κ3) is 1.39.